The highest BCUT2D eigenvalue weighted by atomic mass is 32.2. The predicted molar refractivity (Wildman–Crippen MR) is 64.9 cm³/mol. The van der Waals surface area contributed by atoms with Gasteiger partial charge in [0.1, 0.15) is 10.7 Å². The van der Waals surface area contributed by atoms with Crippen LogP contribution in [0.4, 0.5) is 4.39 Å². The van der Waals surface area contributed by atoms with E-state index in [-0.39, 0.29) is 24.1 Å². The number of nitrogens with zero attached hydrogens (tertiary/aromatic N) is 2. The van der Waals surface area contributed by atoms with E-state index in [9.17, 15) is 12.8 Å². The molecule has 0 fully saturated rings. The van der Waals surface area contributed by atoms with Gasteiger partial charge in [-0.15, -0.1) is 0 Å². The van der Waals surface area contributed by atoms with Crippen molar-refractivity contribution < 1.29 is 17.9 Å². The number of aliphatic hydroxyl groups is 1. The summed E-state index contributed by atoms with van der Waals surface area (Å²) in [6, 6.07) is 0.668. The maximum Gasteiger partial charge on any atom is 0.244 e. The van der Waals surface area contributed by atoms with E-state index in [0.29, 0.717) is 6.42 Å². The second-order valence-electron chi connectivity index (χ2n) is 4.13. The van der Waals surface area contributed by atoms with Crippen LogP contribution in [-0.4, -0.2) is 42.0 Å². The van der Waals surface area contributed by atoms with Crippen LogP contribution >= 0.6 is 0 Å². The van der Waals surface area contributed by atoms with E-state index in [2.05, 4.69) is 4.98 Å². The maximum atomic E-state index is 13.0. The molecule has 1 aromatic heterocycles. The fraction of sp³-hybridized carbons (Fsp3) is 0.545. The van der Waals surface area contributed by atoms with Crippen molar-refractivity contribution in [2.75, 3.05) is 13.2 Å². The van der Waals surface area contributed by atoms with Gasteiger partial charge in [-0.3, -0.25) is 4.98 Å². The first-order valence-corrected chi connectivity index (χ1v) is 7.07. The molecule has 0 bridgehead atoms. The van der Waals surface area contributed by atoms with Gasteiger partial charge in [0.05, 0.1) is 6.20 Å². The lowest BCUT2D eigenvalue weighted by Gasteiger charge is -2.25. The molecule has 0 saturated heterocycles. The average molecular weight is 276 g/mol. The number of pyridine rings is 1. The standard InChI is InChI=1S/C11H17FN2O3S/c1-9(2)14(4-3-5-15)18(16,17)11-6-10(12)7-13-8-11/h6-9,15H,3-5H2,1-2H3. The van der Waals surface area contributed by atoms with Crippen LogP contribution in [0.1, 0.15) is 20.3 Å². The van der Waals surface area contributed by atoms with Gasteiger partial charge in [-0.05, 0) is 26.3 Å². The number of halogens is 1. The number of sulfonamides is 1. The number of aromatic nitrogens is 1. The normalized spacial score (nSPS) is 12.3. The lowest BCUT2D eigenvalue weighted by Crippen LogP contribution is -2.38. The third-order valence-corrected chi connectivity index (χ3v) is 4.44. The third kappa shape index (κ3) is 3.47. The Morgan fingerprint density at radius 3 is 2.61 bits per heavy atom. The van der Waals surface area contributed by atoms with Crippen LogP contribution in [0.15, 0.2) is 23.4 Å². The molecule has 102 valence electrons. The predicted octanol–water partition coefficient (Wildman–Crippen LogP) is 1.00. The number of hydrogen-bond acceptors (Lipinski definition) is 4. The van der Waals surface area contributed by atoms with Crippen molar-refractivity contribution in [2.45, 2.75) is 31.2 Å². The average Bonchev–Trinajstić information content (AvgIpc) is 2.28. The van der Waals surface area contributed by atoms with Crippen LogP contribution in [0.5, 0.6) is 0 Å². The molecule has 0 aromatic carbocycles. The van der Waals surface area contributed by atoms with E-state index in [0.717, 1.165) is 18.5 Å². The second kappa shape index (κ2) is 6.21. The SMILES string of the molecule is CC(C)N(CCCO)S(=O)(=O)c1cncc(F)c1. The van der Waals surface area contributed by atoms with Crippen molar-refractivity contribution >= 4 is 10.0 Å². The van der Waals surface area contributed by atoms with Crippen molar-refractivity contribution in [1.29, 1.82) is 0 Å². The lowest BCUT2D eigenvalue weighted by atomic mass is 10.3. The molecule has 0 saturated carbocycles. The Kier molecular flexibility index (Phi) is 5.18. The lowest BCUT2D eigenvalue weighted by molar-refractivity contribution is 0.258. The highest BCUT2D eigenvalue weighted by molar-refractivity contribution is 7.89. The third-order valence-electron chi connectivity index (χ3n) is 2.40. The molecule has 0 radical (unpaired) electrons. The molecule has 18 heavy (non-hydrogen) atoms. The highest BCUT2D eigenvalue weighted by Crippen LogP contribution is 2.18. The zero-order chi connectivity index (χ0) is 13.8. The molecule has 0 unspecified atom stereocenters. The van der Waals surface area contributed by atoms with E-state index in [1.807, 2.05) is 0 Å². The molecule has 0 amide bonds. The summed E-state index contributed by atoms with van der Waals surface area (Å²) in [5, 5.41) is 8.78. The van der Waals surface area contributed by atoms with Gasteiger partial charge in [0.15, 0.2) is 0 Å². The van der Waals surface area contributed by atoms with Crippen LogP contribution in [-0.2, 0) is 10.0 Å². The molecular formula is C11H17FN2O3S. The molecule has 0 atom stereocenters. The molecule has 7 heteroatoms. The molecule has 0 aliphatic rings. The summed E-state index contributed by atoms with van der Waals surface area (Å²) in [7, 11) is -3.78. The first-order chi connectivity index (χ1) is 8.39. The Hall–Kier alpha value is -1.05. The number of rotatable bonds is 6. The van der Waals surface area contributed by atoms with Crippen molar-refractivity contribution in [2.24, 2.45) is 0 Å². The minimum Gasteiger partial charge on any atom is -0.396 e. The van der Waals surface area contributed by atoms with Crippen LogP contribution < -0.4 is 0 Å². The van der Waals surface area contributed by atoms with Gasteiger partial charge < -0.3 is 5.11 Å². The van der Waals surface area contributed by atoms with Crippen molar-refractivity contribution in [3.05, 3.63) is 24.3 Å². The Bertz CT molecular complexity index is 491. The number of hydrogen-bond donors (Lipinski definition) is 1. The van der Waals surface area contributed by atoms with Crippen molar-refractivity contribution in [3.8, 4) is 0 Å². The first kappa shape index (κ1) is 15.0. The van der Waals surface area contributed by atoms with E-state index >= 15 is 0 Å². The largest absolute Gasteiger partial charge is 0.396 e. The van der Waals surface area contributed by atoms with Gasteiger partial charge in [-0.25, -0.2) is 12.8 Å². The van der Waals surface area contributed by atoms with Crippen LogP contribution in [0, 0.1) is 5.82 Å². The zero-order valence-corrected chi connectivity index (χ0v) is 11.2. The molecule has 1 aromatic rings. The van der Waals surface area contributed by atoms with E-state index in [1.165, 1.54) is 4.31 Å². The van der Waals surface area contributed by atoms with Crippen LogP contribution in [0.25, 0.3) is 0 Å². The number of aliphatic hydroxyl groups excluding tert-OH is 1. The molecule has 0 aliphatic carbocycles. The van der Waals surface area contributed by atoms with Gasteiger partial charge >= 0.3 is 0 Å². The second-order valence-corrected chi connectivity index (χ2v) is 6.02. The maximum absolute atomic E-state index is 13.0. The van der Waals surface area contributed by atoms with E-state index in [4.69, 9.17) is 5.11 Å². The Morgan fingerprint density at radius 1 is 1.44 bits per heavy atom. The monoisotopic (exact) mass is 276 g/mol. The quantitative estimate of drug-likeness (QED) is 0.841. The minimum absolute atomic E-state index is 0.0971. The minimum atomic E-state index is -3.78. The zero-order valence-electron chi connectivity index (χ0n) is 10.4. The van der Waals surface area contributed by atoms with E-state index < -0.39 is 15.8 Å². The summed E-state index contributed by atoms with van der Waals surface area (Å²) in [6.45, 7) is 3.54. The summed E-state index contributed by atoms with van der Waals surface area (Å²) < 4.78 is 38.8. The molecular weight excluding hydrogens is 259 g/mol. The summed E-state index contributed by atoms with van der Waals surface area (Å²) in [5.74, 6) is -0.693. The molecule has 1 rings (SSSR count). The summed E-state index contributed by atoms with van der Waals surface area (Å²) in [6.07, 6.45) is 2.40. The van der Waals surface area contributed by atoms with E-state index in [1.54, 1.807) is 13.8 Å². The van der Waals surface area contributed by atoms with Gasteiger partial charge in [-0.2, -0.15) is 4.31 Å². The Labute approximate surface area is 106 Å². The van der Waals surface area contributed by atoms with Crippen molar-refractivity contribution in [1.82, 2.24) is 9.29 Å². The molecule has 5 nitrogen and oxygen atoms in total. The summed E-state index contributed by atoms with van der Waals surface area (Å²) >= 11 is 0. The molecule has 1 heterocycles. The smallest absolute Gasteiger partial charge is 0.244 e. The van der Waals surface area contributed by atoms with Crippen molar-refractivity contribution in [3.63, 3.8) is 0 Å². The summed E-state index contributed by atoms with van der Waals surface area (Å²) in [5.41, 5.74) is 0. The Balaban J connectivity index is 3.09. The van der Waals surface area contributed by atoms with Gasteiger partial charge in [0.2, 0.25) is 10.0 Å². The van der Waals surface area contributed by atoms with Gasteiger partial charge in [-0.1, -0.05) is 0 Å². The fourth-order valence-electron chi connectivity index (χ4n) is 1.55. The summed E-state index contributed by atoms with van der Waals surface area (Å²) in [4.78, 5) is 3.37. The van der Waals surface area contributed by atoms with Gasteiger partial charge in [0.25, 0.3) is 0 Å². The molecule has 1 N–H and O–H groups in total. The Morgan fingerprint density at radius 2 is 2.11 bits per heavy atom. The fourth-order valence-corrected chi connectivity index (χ4v) is 3.20. The molecule has 0 aliphatic heterocycles. The molecule has 0 spiro atoms. The van der Waals surface area contributed by atoms with Crippen LogP contribution in [0.3, 0.4) is 0 Å². The topological polar surface area (TPSA) is 70.5 Å². The first-order valence-electron chi connectivity index (χ1n) is 5.63. The van der Waals surface area contributed by atoms with Gasteiger partial charge in [0, 0.05) is 25.4 Å². The van der Waals surface area contributed by atoms with Crippen LogP contribution in [0.2, 0.25) is 0 Å². The highest BCUT2D eigenvalue weighted by Gasteiger charge is 2.27.